The van der Waals surface area contributed by atoms with Crippen molar-refractivity contribution in [3.63, 3.8) is 0 Å². The third kappa shape index (κ3) is 3.21. The zero-order chi connectivity index (χ0) is 13.0. The molecule has 0 bridgehead atoms. The molecule has 1 aromatic rings. The summed E-state index contributed by atoms with van der Waals surface area (Å²) in [5.41, 5.74) is 0.287. The third-order valence-electron chi connectivity index (χ3n) is 2.24. The van der Waals surface area contributed by atoms with Gasteiger partial charge < -0.3 is 15.2 Å². The summed E-state index contributed by atoms with van der Waals surface area (Å²) in [7, 11) is 1.45. The predicted molar refractivity (Wildman–Crippen MR) is 63.4 cm³/mol. The van der Waals surface area contributed by atoms with Gasteiger partial charge in [-0.15, -0.1) is 0 Å². The van der Waals surface area contributed by atoms with Crippen molar-refractivity contribution in [2.45, 2.75) is 13.8 Å². The highest BCUT2D eigenvalue weighted by atomic mass is 16.5. The lowest BCUT2D eigenvalue weighted by atomic mass is 10.1. The van der Waals surface area contributed by atoms with Crippen molar-refractivity contribution in [2.75, 3.05) is 12.4 Å². The second kappa shape index (κ2) is 5.34. The Kier molecular flexibility index (Phi) is 4.09. The minimum atomic E-state index is -1.11. The molecule has 0 aliphatic carbocycles. The molecule has 1 rings (SSSR count). The van der Waals surface area contributed by atoms with Crippen molar-refractivity contribution in [3.05, 3.63) is 23.8 Å². The van der Waals surface area contributed by atoms with Crippen LogP contribution in [-0.2, 0) is 4.79 Å². The lowest BCUT2D eigenvalue weighted by Gasteiger charge is -2.11. The summed E-state index contributed by atoms with van der Waals surface area (Å²) >= 11 is 0. The molecule has 0 heterocycles. The Labute approximate surface area is 99.4 Å². The molecule has 0 radical (unpaired) electrons. The molecule has 5 heteroatoms. The lowest BCUT2D eigenvalue weighted by Crippen LogP contribution is -2.19. The first-order valence-electron chi connectivity index (χ1n) is 5.18. The number of nitrogens with one attached hydrogen (secondary N) is 1. The number of hydrogen-bond donors (Lipinski definition) is 2. The Morgan fingerprint density at radius 2 is 2.00 bits per heavy atom. The van der Waals surface area contributed by atoms with Crippen LogP contribution in [0.15, 0.2) is 18.2 Å². The standard InChI is InChI=1S/C12H15NO4/c1-7(2)11(14)13-10-5-4-8(17-3)6-9(10)12(15)16/h4-7H,1-3H3,(H,13,14)(H,15,16). The normalized spacial score (nSPS) is 10.1. The topological polar surface area (TPSA) is 75.6 Å². The molecule has 2 N–H and O–H groups in total. The number of rotatable bonds is 4. The second-order valence-electron chi connectivity index (χ2n) is 3.86. The molecule has 92 valence electrons. The van der Waals surface area contributed by atoms with E-state index in [-0.39, 0.29) is 23.1 Å². The Bertz CT molecular complexity index is 440. The SMILES string of the molecule is COc1ccc(NC(=O)C(C)C)c(C(=O)O)c1. The number of carboxylic acids is 1. The fraction of sp³-hybridized carbons (Fsp3) is 0.333. The van der Waals surface area contributed by atoms with Crippen LogP contribution in [0.2, 0.25) is 0 Å². The average Bonchev–Trinajstić information content (AvgIpc) is 2.29. The van der Waals surface area contributed by atoms with Crippen LogP contribution in [0.25, 0.3) is 0 Å². The van der Waals surface area contributed by atoms with E-state index in [1.54, 1.807) is 19.9 Å². The quantitative estimate of drug-likeness (QED) is 0.839. The average molecular weight is 237 g/mol. The van der Waals surface area contributed by atoms with Gasteiger partial charge in [-0.2, -0.15) is 0 Å². The number of aromatic carboxylic acids is 1. The molecule has 1 amide bonds. The molecule has 0 saturated carbocycles. The molecule has 0 aliphatic rings. The Morgan fingerprint density at radius 3 is 2.47 bits per heavy atom. The van der Waals surface area contributed by atoms with Gasteiger partial charge in [-0.25, -0.2) is 4.79 Å². The summed E-state index contributed by atoms with van der Waals surface area (Å²) in [5, 5.41) is 11.6. The molecule has 0 atom stereocenters. The smallest absolute Gasteiger partial charge is 0.337 e. The minimum Gasteiger partial charge on any atom is -0.497 e. The number of anilines is 1. The maximum Gasteiger partial charge on any atom is 0.337 e. The van der Waals surface area contributed by atoms with Crippen molar-refractivity contribution >= 4 is 17.6 Å². The van der Waals surface area contributed by atoms with Gasteiger partial charge in [0.1, 0.15) is 5.75 Å². The van der Waals surface area contributed by atoms with Crippen LogP contribution in [-0.4, -0.2) is 24.1 Å². The van der Waals surface area contributed by atoms with E-state index in [0.29, 0.717) is 5.75 Å². The molecule has 0 spiro atoms. The summed E-state index contributed by atoms with van der Waals surface area (Å²) in [5.74, 6) is -1.11. The number of ether oxygens (including phenoxy) is 1. The molecular formula is C12H15NO4. The van der Waals surface area contributed by atoms with E-state index in [1.807, 2.05) is 0 Å². The fourth-order valence-corrected chi connectivity index (χ4v) is 1.21. The third-order valence-corrected chi connectivity index (χ3v) is 2.24. The summed E-state index contributed by atoms with van der Waals surface area (Å²) in [4.78, 5) is 22.5. The zero-order valence-corrected chi connectivity index (χ0v) is 9.98. The number of carboxylic acid groups (broad SMARTS) is 1. The zero-order valence-electron chi connectivity index (χ0n) is 9.98. The lowest BCUT2D eigenvalue weighted by molar-refractivity contribution is -0.118. The van der Waals surface area contributed by atoms with Crippen molar-refractivity contribution in [3.8, 4) is 5.75 Å². The second-order valence-corrected chi connectivity index (χ2v) is 3.86. The molecule has 0 aromatic heterocycles. The van der Waals surface area contributed by atoms with Gasteiger partial charge in [0.15, 0.2) is 0 Å². The van der Waals surface area contributed by atoms with E-state index >= 15 is 0 Å². The van der Waals surface area contributed by atoms with E-state index in [9.17, 15) is 9.59 Å². The summed E-state index contributed by atoms with van der Waals surface area (Å²) in [6.45, 7) is 3.47. The summed E-state index contributed by atoms with van der Waals surface area (Å²) in [6.07, 6.45) is 0. The van der Waals surface area contributed by atoms with Crippen molar-refractivity contribution in [1.82, 2.24) is 0 Å². The van der Waals surface area contributed by atoms with Gasteiger partial charge in [0.25, 0.3) is 0 Å². The van der Waals surface area contributed by atoms with Crippen LogP contribution in [0, 0.1) is 5.92 Å². The van der Waals surface area contributed by atoms with Gasteiger partial charge in [-0.05, 0) is 18.2 Å². The highest BCUT2D eigenvalue weighted by Gasteiger charge is 2.15. The number of benzene rings is 1. The van der Waals surface area contributed by atoms with Crippen LogP contribution < -0.4 is 10.1 Å². The van der Waals surface area contributed by atoms with Crippen LogP contribution in [0.1, 0.15) is 24.2 Å². The Balaban J connectivity index is 3.06. The van der Waals surface area contributed by atoms with E-state index < -0.39 is 5.97 Å². The van der Waals surface area contributed by atoms with Gasteiger partial charge in [-0.1, -0.05) is 13.8 Å². The number of carbonyl (C=O) groups excluding carboxylic acids is 1. The van der Waals surface area contributed by atoms with Crippen molar-refractivity contribution < 1.29 is 19.4 Å². The van der Waals surface area contributed by atoms with E-state index in [2.05, 4.69) is 5.32 Å². The predicted octanol–water partition coefficient (Wildman–Crippen LogP) is 1.99. The van der Waals surface area contributed by atoms with Crippen LogP contribution in [0.5, 0.6) is 5.75 Å². The number of carbonyl (C=O) groups is 2. The maximum atomic E-state index is 11.5. The Hall–Kier alpha value is -2.04. The number of hydrogen-bond acceptors (Lipinski definition) is 3. The number of methoxy groups -OCH3 is 1. The highest BCUT2D eigenvalue weighted by molar-refractivity contribution is 6.01. The summed E-state index contributed by atoms with van der Waals surface area (Å²) < 4.78 is 4.94. The van der Waals surface area contributed by atoms with Crippen molar-refractivity contribution in [1.29, 1.82) is 0 Å². The monoisotopic (exact) mass is 237 g/mol. The van der Waals surface area contributed by atoms with Gasteiger partial charge in [0.05, 0.1) is 18.4 Å². The van der Waals surface area contributed by atoms with Crippen LogP contribution >= 0.6 is 0 Å². The molecule has 0 unspecified atom stereocenters. The van der Waals surface area contributed by atoms with Gasteiger partial charge in [0, 0.05) is 5.92 Å². The molecule has 5 nitrogen and oxygen atoms in total. The maximum absolute atomic E-state index is 11.5. The van der Waals surface area contributed by atoms with Crippen LogP contribution in [0.3, 0.4) is 0 Å². The minimum absolute atomic E-state index is 0.0124. The highest BCUT2D eigenvalue weighted by Crippen LogP contribution is 2.22. The molecule has 0 fully saturated rings. The van der Waals surface area contributed by atoms with E-state index in [1.165, 1.54) is 19.2 Å². The first-order chi connectivity index (χ1) is 7.95. The molecule has 17 heavy (non-hydrogen) atoms. The largest absolute Gasteiger partial charge is 0.497 e. The van der Waals surface area contributed by atoms with Crippen molar-refractivity contribution in [2.24, 2.45) is 5.92 Å². The summed E-state index contributed by atoms with van der Waals surface area (Å²) in [6, 6.07) is 4.49. The van der Waals surface area contributed by atoms with Gasteiger partial charge in [-0.3, -0.25) is 4.79 Å². The van der Waals surface area contributed by atoms with Crippen LogP contribution in [0.4, 0.5) is 5.69 Å². The molecule has 0 aliphatic heterocycles. The number of amides is 1. The molecule has 0 saturated heterocycles. The van der Waals surface area contributed by atoms with Gasteiger partial charge in [0.2, 0.25) is 5.91 Å². The molecule has 1 aromatic carbocycles. The Morgan fingerprint density at radius 1 is 1.35 bits per heavy atom. The molecular weight excluding hydrogens is 222 g/mol. The fourth-order valence-electron chi connectivity index (χ4n) is 1.21. The van der Waals surface area contributed by atoms with E-state index in [4.69, 9.17) is 9.84 Å². The first-order valence-corrected chi connectivity index (χ1v) is 5.18. The first kappa shape index (κ1) is 13.0. The van der Waals surface area contributed by atoms with E-state index in [0.717, 1.165) is 0 Å². The van der Waals surface area contributed by atoms with Gasteiger partial charge >= 0.3 is 5.97 Å².